The summed E-state index contributed by atoms with van der Waals surface area (Å²) in [6.07, 6.45) is -1.14. The quantitative estimate of drug-likeness (QED) is 0.234. The summed E-state index contributed by atoms with van der Waals surface area (Å²) in [7, 11) is -3.36. The van der Waals surface area contributed by atoms with E-state index in [-0.39, 0.29) is 22.2 Å². The molecule has 2 rings (SSSR count). The number of amides is 1. The summed E-state index contributed by atoms with van der Waals surface area (Å²) in [5.41, 5.74) is 1.93. The van der Waals surface area contributed by atoms with E-state index in [1.165, 1.54) is 0 Å². The number of aliphatic hydroxyl groups is 1. The largest absolute Gasteiger partial charge is 0.445 e. The van der Waals surface area contributed by atoms with Crippen LogP contribution in [0, 0.1) is 6.92 Å². The van der Waals surface area contributed by atoms with Crippen molar-refractivity contribution in [3.63, 3.8) is 0 Å². The second-order valence-electron chi connectivity index (χ2n) is 10.5. The van der Waals surface area contributed by atoms with Gasteiger partial charge in [-0.2, -0.15) is 0 Å². The lowest BCUT2D eigenvalue weighted by Crippen LogP contribution is -2.51. The summed E-state index contributed by atoms with van der Waals surface area (Å²) in [6, 6.07) is 16.0. The van der Waals surface area contributed by atoms with Crippen LogP contribution >= 0.6 is 15.9 Å². The highest BCUT2D eigenvalue weighted by Crippen LogP contribution is 2.36. The van der Waals surface area contributed by atoms with E-state index < -0.39 is 37.4 Å². The molecule has 0 fully saturated rings. The van der Waals surface area contributed by atoms with Gasteiger partial charge in [-0.3, -0.25) is 4.21 Å². The predicted octanol–water partition coefficient (Wildman–Crippen LogP) is 5.93. The first-order valence-electron chi connectivity index (χ1n) is 12.2. The van der Waals surface area contributed by atoms with Gasteiger partial charge >= 0.3 is 6.09 Å². The molecule has 0 aliphatic rings. The monoisotopic (exact) mass is 597 g/mol. The van der Waals surface area contributed by atoms with Gasteiger partial charge in [-0.05, 0) is 49.2 Å². The number of aryl methyl sites for hydroxylation is 1. The molecule has 9 heteroatoms. The molecule has 1 unspecified atom stereocenters. The van der Waals surface area contributed by atoms with Crippen LogP contribution in [-0.2, 0) is 26.6 Å². The Morgan fingerprint density at radius 1 is 1.11 bits per heavy atom. The van der Waals surface area contributed by atoms with Gasteiger partial charge in [0.25, 0.3) is 0 Å². The van der Waals surface area contributed by atoms with E-state index >= 15 is 0 Å². The van der Waals surface area contributed by atoms with Gasteiger partial charge in [0.1, 0.15) is 6.61 Å². The smallest absolute Gasteiger partial charge is 0.407 e. The average molecular weight is 599 g/mol. The van der Waals surface area contributed by atoms with Crippen molar-refractivity contribution in [3.05, 3.63) is 65.7 Å². The number of nitrogens with one attached hydrogen (secondary N) is 1. The number of alkyl carbamates (subject to hydrolysis) is 1. The number of ether oxygens (including phenoxy) is 1. The normalized spacial score (nSPS) is 15.6. The van der Waals surface area contributed by atoms with Crippen LogP contribution in [0.25, 0.3) is 0 Å². The van der Waals surface area contributed by atoms with Crippen LogP contribution in [0.3, 0.4) is 0 Å². The number of alkyl halides is 1. The van der Waals surface area contributed by atoms with E-state index in [4.69, 9.17) is 9.16 Å². The molecule has 2 N–H and O–H groups in total. The van der Waals surface area contributed by atoms with Crippen molar-refractivity contribution in [1.82, 2.24) is 5.32 Å². The third-order valence-electron chi connectivity index (χ3n) is 6.57. The molecule has 0 radical (unpaired) electrons. The molecule has 1 amide bonds. The van der Waals surface area contributed by atoms with E-state index in [2.05, 4.69) is 55.1 Å². The van der Waals surface area contributed by atoms with E-state index in [9.17, 15) is 14.1 Å². The molecule has 0 heterocycles. The molecular formula is C27H40BrNO5SSi. The summed E-state index contributed by atoms with van der Waals surface area (Å²) in [5, 5.41) is 13.9. The Bertz CT molecular complexity index is 982. The Morgan fingerprint density at radius 3 is 2.31 bits per heavy atom. The molecule has 0 spiro atoms. The number of carbonyl (C=O) groups excluding carboxylic acids is 1. The van der Waals surface area contributed by atoms with Crippen LogP contribution < -0.4 is 5.32 Å². The second kappa shape index (κ2) is 13.9. The summed E-state index contributed by atoms with van der Waals surface area (Å²) in [5.74, 6) is -0.0160. The lowest BCUT2D eigenvalue weighted by atomic mass is 10.1. The minimum Gasteiger partial charge on any atom is -0.445 e. The average Bonchev–Trinajstić information content (AvgIpc) is 2.81. The molecule has 6 nitrogen and oxygen atoms in total. The van der Waals surface area contributed by atoms with Crippen LogP contribution in [0.15, 0.2) is 59.5 Å². The Balaban J connectivity index is 2.06. The predicted molar refractivity (Wildman–Crippen MR) is 152 cm³/mol. The maximum absolute atomic E-state index is 12.9. The molecule has 0 bridgehead atoms. The van der Waals surface area contributed by atoms with E-state index in [0.29, 0.717) is 17.9 Å². The van der Waals surface area contributed by atoms with Gasteiger partial charge in [0, 0.05) is 16.3 Å². The fourth-order valence-electron chi connectivity index (χ4n) is 3.20. The molecule has 0 aromatic heterocycles. The molecular weight excluding hydrogens is 558 g/mol. The van der Waals surface area contributed by atoms with Gasteiger partial charge in [-0.1, -0.05) is 84.7 Å². The van der Waals surface area contributed by atoms with E-state index in [1.807, 2.05) is 49.4 Å². The maximum atomic E-state index is 12.9. The highest BCUT2D eigenvalue weighted by atomic mass is 79.9. The van der Waals surface area contributed by atoms with Gasteiger partial charge in [0.2, 0.25) is 0 Å². The SMILES string of the molecule is Cc1ccc(S(=O)C[C@@H](O)[C@H](NC(=O)OCc2ccccc2)[C@H](Br)CCO[Si](C)(C)C(C)(C)C)cc1. The number of benzene rings is 2. The van der Waals surface area contributed by atoms with Gasteiger partial charge in [-0.25, -0.2) is 4.79 Å². The molecule has 200 valence electrons. The zero-order valence-corrected chi connectivity index (χ0v) is 25.5. The van der Waals surface area contributed by atoms with Crippen molar-refractivity contribution < 1.29 is 23.3 Å². The highest BCUT2D eigenvalue weighted by molar-refractivity contribution is 9.09. The minimum absolute atomic E-state index is 0.0160. The fourth-order valence-corrected chi connectivity index (χ4v) is 6.08. The number of rotatable bonds is 12. The van der Waals surface area contributed by atoms with Gasteiger partial charge in [0.15, 0.2) is 8.32 Å². The Hall–Kier alpha value is -1.52. The van der Waals surface area contributed by atoms with Gasteiger partial charge < -0.3 is 19.6 Å². The highest BCUT2D eigenvalue weighted by Gasteiger charge is 2.37. The van der Waals surface area contributed by atoms with Crippen LogP contribution in [-0.4, -0.2) is 53.1 Å². The first-order valence-corrected chi connectivity index (χ1v) is 17.3. The molecule has 4 atom stereocenters. The second-order valence-corrected chi connectivity index (χ2v) is 18.0. The first kappa shape index (κ1) is 30.7. The minimum atomic E-state index is -1.93. The number of hydrogen-bond acceptors (Lipinski definition) is 5. The summed E-state index contributed by atoms with van der Waals surface area (Å²) >= 11 is 3.65. The number of hydrogen-bond donors (Lipinski definition) is 2. The standard InChI is InChI=1S/C27H40BrNO5SSi/c1-20-12-14-22(15-13-20)35(32)19-24(30)25(23(28)16-17-34-36(5,6)27(2,3)4)29-26(31)33-18-21-10-8-7-9-11-21/h7-15,23-25,30H,16-19H2,1-6H3,(H,29,31)/t23-,24-,25-,35?/m1/s1. The zero-order valence-electron chi connectivity index (χ0n) is 22.1. The van der Waals surface area contributed by atoms with Crippen molar-refractivity contribution in [2.24, 2.45) is 0 Å². The Morgan fingerprint density at radius 2 is 1.72 bits per heavy atom. The van der Waals surface area contributed by atoms with Gasteiger partial charge in [0.05, 0.1) is 28.7 Å². The van der Waals surface area contributed by atoms with E-state index in [1.54, 1.807) is 12.1 Å². The third-order valence-corrected chi connectivity index (χ3v) is 13.6. The topological polar surface area (TPSA) is 84.9 Å². The van der Waals surface area contributed by atoms with Crippen molar-refractivity contribution in [1.29, 1.82) is 0 Å². The molecule has 0 aliphatic heterocycles. The zero-order chi connectivity index (χ0) is 26.9. The number of carbonyl (C=O) groups is 1. The molecule has 2 aromatic carbocycles. The molecule has 0 saturated carbocycles. The Labute approximate surface area is 227 Å². The first-order chi connectivity index (χ1) is 16.8. The number of aliphatic hydroxyl groups excluding tert-OH is 1. The van der Waals surface area contributed by atoms with Crippen molar-refractivity contribution in [2.75, 3.05) is 12.4 Å². The fraction of sp³-hybridized carbons (Fsp3) is 0.519. The molecule has 36 heavy (non-hydrogen) atoms. The van der Waals surface area contributed by atoms with Crippen molar-refractivity contribution >= 4 is 41.1 Å². The van der Waals surface area contributed by atoms with Crippen LogP contribution in [0.2, 0.25) is 18.1 Å². The van der Waals surface area contributed by atoms with E-state index in [0.717, 1.165) is 11.1 Å². The number of halogens is 1. The third kappa shape index (κ3) is 9.74. The maximum Gasteiger partial charge on any atom is 0.407 e. The Kier molecular flexibility index (Phi) is 11.8. The van der Waals surface area contributed by atoms with Crippen molar-refractivity contribution in [3.8, 4) is 0 Å². The van der Waals surface area contributed by atoms with Crippen LogP contribution in [0.5, 0.6) is 0 Å². The molecule has 0 saturated heterocycles. The van der Waals surface area contributed by atoms with Gasteiger partial charge in [-0.15, -0.1) is 0 Å². The van der Waals surface area contributed by atoms with Crippen LogP contribution in [0.1, 0.15) is 38.3 Å². The molecule has 2 aromatic rings. The van der Waals surface area contributed by atoms with Crippen molar-refractivity contribution in [2.45, 2.75) is 80.7 Å². The summed E-state index contributed by atoms with van der Waals surface area (Å²) in [6.45, 7) is 13.5. The molecule has 0 aliphatic carbocycles. The summed E-state index contributed by atoms with van der Waals surface area (Å²) in [4.78, 5) is 13.0. The lowest BCUT2D eigenvalue weighted by Gasteiger charge is -2.37. The van der Waals surface area contributed by atoms with Crippen LogP contribution in [0.4, 0.5) is 4.79 Å². The lowest BCUT2D eigenvalue weighted by molar-refractivity contribution is 0.108. The summed E-state index contributed by atoms with van der Waals surface area (Å²) < 4.78 is 24.6.